The normalized spacial score (nSPS) is 10.1. The molecule has 0 atom stereocenters. The molecular weight excluding hydrogens is 310 g/mol. The largest absolute Gasteiger partial charge is 0.466 e. The number of halogens is 1. The monoisotopic (exact) mass is 328 g/mol. The SMILES string of the molecule is CBc1ccc(Oc2cc(F)cc(CC(=O)OCC)c2)c(C=O)c1. The van der Waals surface area contributed by atoms with Gasteiger partial charge >= 0.3 is 5.97 Å². The second kappa shape index (κ2) is 8.29. The predicted octanol–water partition coefficient (Wildman–Crippen LogP) is 2.65. The van der Waals surface area contributed by atoms with Crippen molar-refractivity contribution in [3.63, 3.8) is 0 Å². The number of benzene rings is 2. The molecule has 2 aromatic rings. The van der Waals surface area contributed by atoms with Crippen molar-refractivity contribution in [1.29, 1.82) is 0 Å². The molecule has 2 rings (SSSR count). The molecule has 124 valence electrons. The summed E-state index contributed by atoms with van der Waals surface area (Å²) in [6, 6.07) is 9.28. The van der Waals surface area contributed by atoms with Crippen LogP contribution in [0.15, 0.2) is 36.4 Å². The van der Waals surface area contributed by atoms with Gasteiger partial charge < -0.3 is 9.47 Å². The highest BCUT2D eigenvalue weighted by Crippen LogP contribution is 2.26. The molecule has 0 fully saturated rings. The first-order valence-corrected chi connectivity index (χ1v) is 7.76. The number of aldehydes is 1. The number of carbonyl (C=O) groups is 2. The van der Waals surface area contributed by atoms with E-state index in [0.29, 0.717) is 23.2 Å². The smallest absolute Gasteiger partial charge is 0.310 e. The predicted molar refractivity (Wildman–Crippen MR) is 91.3 cm³/mol. The van der Waals surface area contributed by atoms with Crippen LogP contribution in [0, 0.1) is 5.82 Å². The molecule has 0 aliphatic heterocycles. The topological polar surface area (TPSA) is 52.6 Å². The zero-order valence-corrected chi connectivity index (χ0v) is 13.7. The Hall–Kier alpha value is -2.63. The highest BCUT2D eigenvalue weighted by Gasteiger charge is 2.10. The number of hydrogen-bond acceptors (Lipinski definition) is 4. The van der Waals surface area contributed by atoms with Gasteiger partial charge in [0, 0.05) is 6.07 Å². The van der Waals surface area contributed by atoms with E-state index in [1.807, 2.05) is 12.9 Å². The molecule has 0 aliphatic rings. The van der Waals surface area contributed by atoms with Gasteiger partial charge in [0.2, 0.25) is 0 Å². The van der Waals surface area contributed by atoms with Gasteiger partial charge in [0.25, 0.3) is 0 Å². The summed E-state index contributed by atoms with van der Waals surface area (Å²) in [6.45, 7) is 3.96. The first-order chi connectivity index (χ1) is 11.5. The van der Waals surface area contributed by atoms with Gasteiger partial charge in [0.15, 0.2) is 13.6 Å². The lowest BCUT2D eigenvalue weighted by Gasteiger charge is -2.11. The molecule has 0 unspecified atom stereocenters. The van der Waals surface area contributed by atoms with Gasteiger partial charge in [0.1, 0.15) is 17.3 Å². The van der Waals surface area contributed by atoms with Crippen molar-refractivity contribution in [1.82, 2.24) is 0 Å². The van der Waals surface area contributed by atoms with Gasteiger partial charge in [-0.1, -0.05) is 24.4 Å². The van der Waals surface area contributed by atoms with E-state index in [0.717, 1.165) is 12.7 Å². The minimum absolute atomic E-state index is 0.0444. The average molecular weight is 328 g/mol. The van der Waals surface area contributed by atoms with E-state index in [1.165, 1.54) is 12.1 Å². The molecule has 0 radical (unpaired) electrons. The van der Waals surface area contributed by atoms with Crippen LogP contribution in [0.25, 0.3) is 0 Å². The summed E-state index contributed by atoms with van der Waals surface area (Å²) >= 11 is 0. The number of rotatable bonds is 7. The molecule has 0 bridgehead atoms. The van der Waals surface area contributed by atoms with Gasteiger partial charge in [-0.15, -0.1) is 0 Å². The molecule has 0 amide bonds. The Morgan fingerprint density at radius 1 is 1.25 bits per heavy atom. The van der Waals surface area contributed by atoms with Crippen molar-refractivity contribution >= 4 is 25.0 Å². The van der Waals surface area contributed by atoms with Crippen molar-refractivity contribution in [2.45, 2.75) is 20.2 Å². The Labute approximate surface area is 140 Å². The molecule has 0 N–H and O–H groups in total. The zero-order valence-electron chi connectivity index (χ0n) is 13.7. The Kier molecular flexibility index (Phi) is 6.12. The molecule has 0 saturated heterocycles. The second-order valence-electron chi connectivity index (χ2n) is 5.22. The Morgan fingerprint density at radius 3 is 2.71 bits per heavy atom. The molecule has 2 aromatic carbocycles. The molecule has 4 nitrogen and oxygen atoms in total. The van der Waals surface area contributed by atoms with Crippen molar-refractivity contribution in [3.05, 3.63) is 53.3 Å². The Bertz CT molecular complexity index is 746. The molecular formula is C18H18BFO4. The third-order valence-corrected chi connectivity index (χ3v) is 3.42. The number of esters is 1. The van der Waals surface area contributed by atoms with Crippen LogP contribution in [-0.4, -0.2) is 26.1 Å². The van der Waals surface area contributed by atoms with Crippen molar-refractivity contribution < 1.29 is 23.5 Å². The summed E-state index contributed by atoms with van der Waals surface area (Å²) in [5.74, 6) is -0.393. The maximum Gasteiger partial charge on any atom is 0.310 e. The molecule has 0 spiro atoms. The minimum atomic E-state index is -0.523. The van der Waals surface area contributed by atoms with E-state index in [9.17, 15) is 14.0 Å². The van der Waals surface area contributed by atoms with Crippen molar-refractivity contribution in [2.24, 2.45) is 0 Å². The van der Waals surface area contributed by atoms with Gasteiger partial charge in [0.05, 0.1) is 18.6 Å². The first kappa shape index (κ1) is 17.7. The fraction of sp³-hybridized carbons (Fsp3) is 0.222. The van der Waals surface area contributed by atoms with Crippen LogP contribution in [-0.2, 0) is 16.0 Å². The average Bonchev–Trinajstić information content (AvgIpc) is 2.54. The number of ether oxygens (including phenoxy) is 2. The minimum Gasteiger partial charge on any atom is -0.466 e. The van der Waals surface area contributed by atoms with Crippen LogP contribution in [0.2, 0.25) is 6.82 Å². The molecule has 0 aromatic heterocycles. The van der Waals surface area contributed by atoms with Gasteiger partial charge in [-0.3, -0.25) is 9.59 Å². The van der Waals surface area contributed by atoms with E-state index >= 15 is 0 Å². The fourth-order valence-corrected chi connectivity index (χ4v) is 2.29. The lowest BCUT2D eigenvalue weighted by atomic mass is 9.73. The Morgan fingerprint density at radius 2 is 2.04 bits per heavy atom. The second-order valence-corrected chi connectivity index (χ2v) is 5.22. The van der Waals surface area contributed by atoms with E-state index < -0.39 is 11.8 Å². The van der Waals surface area contributed by atoms with Crippen molar-refractivity contribution in [2.75, 3.05) is 6.61 Å². The van der Waals surface area contributed by atoms with Crippen LogP contribution in [0.3, 0.4) is 0 Å². The molecule has 0 heterocycles. The highest BCUT2D eigenvalue weighted by atomic mass is 19.1. The summed E-state index contributed by atoms with van der Waals surface area (Å²) in [6.07, 6.45) is 0.657. The summed E-state index contributed by atoms with van der Waals surface area (Å²) < 4.78 is 24.3. The number of carbonyl (C=O) groups excluding carboxylic acids is 2. The van der Waals surface area contributed by atoms with Crippen LogP contribution < -0.4 is 10.2 Å². The quantitative estimate of drug-likeness (QED) is 0.445. The van der Waals surface area contributed by atoms with Crippen LogP contribution in [0.5, 0.6) is 11.5 Å². The van der Waals surface area contributed by atoms with E-state index in [2.05, 4.69) is 0 Å². The van der Waals surface area contributed by atoms with Crippen LogP contribution >= 0.6 is 0 Å². The van der Waals surface area contributed by atoms with E-state index in [4.69, 9.17) is 9.47 Å². The van der Waals surface area contributed by atoms with Crippen LogP contribution in [0.4, 0.5) is 4.39 Å². The maximum atomic E-state index is 13.8. The summed E-state index contributed by atoms with van der Waals surface area (Å²) in [4.78, 5) is 22.8. The summed E-state index contributed by atoms with van der Waals surface area (Å²) in [5.41, 5.74) is 1.85. The standard InChI is InChI=1S/C18H18BFO4/c1-3-23-18(22)8-12-6-15(20)10-16(7-12)24-17-5-4-14(19-2)9-13(17)11-21/h4-7,9-11,19H,3,8H2,1-2H3. The van der Waals surface area contributed by atoms with Gasteiger partial charge in [-0.05, 0) is 30.7 Å². The van der Waals surface area contributed by atoms with Crippen LogP contribution in [0.1, 0.15) is 22.8 Å². The van der Waals surface area contributed by atoms with E-state index in [1.54, 1.807) is 25.1 Å². The zero-order chi connectivity index (χ0) is 17.5. The molecule has 6 heteroatoms. The number of hydrogen-bond donors (Lipinski definition) is 0. The summed E-state index contributed by atoms with van der Waals surface area (Å²) in [5, 5.41) is 0. The third kappa shape index (κ3) is 4.68. The van der Waals surface area contributed by atoms with E-state index in [-0.39, 0.29) is 18.8 Å². The van der Waals surface area contributed by atoms with Gasteiger partial charge in [-0.2, -0.15) is 0 Å². The third-order valence-electron chi connectivity index (χ3n) is 3.42. The fourth-order valence-electron chi connectivity index (χ4n) is 2.29. The maximum absolute atomic E-state index is 13.8. The van der Waals surface area contributed by atoms with Gasteiger partial charge in [-0.25, -0.2) is 4.39 Å². The lowest BCUT2D eigenvalue weighted by Crippen LogP contribution is -2.11. The summed E-state index contributed by atoms with van der Waals surface area (Å²) in [7, 11) is 0.796. The highest BCUT2D eigenvalue weighted by molar-refractivity contribution is 6.52. The lowest BCUT2D eigenvalue weighted by molar-refractivity contribution is -0.142. The molecule has 24 heavy (non-hydrogen) atoms. The van der Waals surface area contributed by atoms with Crippen molar-refractivity contribution in [3.8, 4) is 11.5 Å². The molecule has 0 aliphatic carbocycles. The first-order valence-electron chi connectivity index (χ1n) is 7.76. The Balaban J connectivity index is 2.25. The molecule has 0 saturated carbocycles.